The highest BCUT2D eigenvalue weighted by atomic mass is 19.4. The Hall–Kier alpha value is -2.79. The highest BCUT2D eigenvalue weighted by molar-refractivity contribution is 5.75. The Balaban J connectivity index is 1.56. The number of ether oxygens (including phenoxy) is 2. The molecular formula is C24H31F3N4O4. The number of halogens is 3. The average Bonchev–Trinajstić information content (AvgIpc) is 3.31. The number of nitrogens with zero attached hydrogens (tertiary/aromatic N) is 4. The van der Waals surface area contributed by atoms with Crippen LogP contribution in [0.4, 0.5) is 18.0 Å². The molecule has 35 heavy (non-hydrogen) atoms. The molecule has 2 aromatic rings. The van der Waals surface area contributed by atoms with Gasteiger partial charge in [-0.05, 0) is 37.0 Å². The first kappa shape index (κ1) is 25.3. The zero-order chi connectivity index (χ0) is 25.0. The van der Waals surface area contributed by atoms with Crippen molar-refractivity contribution in [1.29, 1.82) is 0 Å². The van der Waals surface area contributed by atoms with E-state index in [9.17, 15) is 23.1 Å². The molecule has 192 valence electrons. The summed E-state index contributed by atoms with van der Waals surface area (Å²) in [5.41, 5.74) is 1.52. The third-order valence-corrected chi connectivity index (χ3v) is 6.64. The van der Waals surface area contributed by atoms with Crippen molar-refractivity contribution in [2.24, 2.45) is 0 Å². The van der Waals surface area contributed by atoms with Crippen molar-refractivity contribution >= 4 is 6.03 Å². The van der Waals surface area contributed by atoms with Crippen LogP contribution in [-0.4, -0.2) is 82.9 Å². The molecule has 1 aromatic carbocycles. The predicted molar refractivity (Wildman–Crippen MR) is 121 cm³/mol. The van der Waals surface area contributed by atoms with E-state index in [2.05, 4.69) is 9.72 Å². The molecule has 2 aliphatic heterocycles. The van der Waals surface area contributed by atoms with Gasteiger partial charge in [0.2, 0.25) is 0 Å². The topological polar surface area (TPSA) is 80.1 Å². The monoisotopic (exact) mass is 496 g/mol. The first-order valence-corrected chi connectivity index (χ1v) is 11.8. The number of benzene rings is 1. The maximum Gasteiger partial charge on any atom is 0.573 e. The molecule has 2 unspecified atom stereocenters. The van der Waals surface area contributed by atoms with Gasteiger partial charge in [-0.15, -0.1) is 13.2 Å². The Bertz CT molecular complexity index is 991. The number of aliphatic hydroxyl groups is 1. The summed E-state index contributed by atoms with van der Waals surface area (Å²) < 4.78 is 49.5. The lowest BCUT2D eigenvalue weighted by Crippen LogP contribution is -2.51. The van der Waals surface area contributed by atoms with Crippen LogP contribution in [0.3, 0.4) is 0 Å². The Kier molecular flexibility index (Phi) is 7.85. The van der Waals surface area contributed by atoms with Crippen molar-refractivity contribution in [3.63, 3.8) is 0 Å². The summed E-state index contributed by atoms with van der Waals surface area (Å²) >= 11 is 0. The third-order valence-electron chi connectivity index (χ3n) is 6.64. The van der Waals surface area contributed by atoms with Gasteiger partial charge in [-0.2, -0.15) is 0 Å². The molecule has 0 radical (unpaired) electrons. The fourth-order valence-electron chi connectivity index (χ4n) is 4.84. The fraction of sp³-hybridized carbons (Fsp3) is 0.583. The van der Waals surface area contributed by atoms with Gasteiger partial charge >= 0.3 is 12.4 Å². The van der Waals surface area contributed by atoms with E-state index in [4.69, 9.17) is 4.74 Å². The fourth-order valence-corrected chi connectivity index (χ4v) is 4.84. The molecule has 2 aliphatic rings. The van der Waals surface area contributed by atoms with Gasteiger partial charge in [-0.1, -0.05) is 12.1 Å². The minimum absolute atomic E-state index is 0.0796. The van der Waals surface area contributed by atoms with Crippen LogP contribution in [0.25, 0.3) is 0 Å². The van der Waals surface area contributed by atoms with Crippen LogP contribution in [-0.2, 0) is 11.3 Å². The number of aliphatic hydroxyl groups excluding tert-OH is 1. The lowest BCUT2D eigenvalue weighted by Gasteiger charge is -2.41. The van der Waals surface area contributed by atoms with Crippen molar-refractivity contribution in [3.8, 4) is 5.75 Å². The number of likely N-dealkylation sites (tertiary alicyclic amines) is 2. The molecule has 2 amide bonds. The zero-order valence-electron chi connectivity index (χ0n) is 19.7. The third kappa shape index (κ3) is 6.66. The highest BCUT2D eigenvalue weighted by Crippen LogP contribution is 2.37. The van der Waals surface area contributed by atoms with Crippen molar-refractivity contribution in [2.45, 2.75) is 50.1 Å². The number of amides is 2. The molecule has 0 spiro atoms. The van der Waals surface area contributed by atoms with Crippen LogP contribution < -0.4 is 4.74 Å². The van der Waals surface area contributed by atoms with E-state index in [0.717, 1.165) is 5.69 Å². The minimum atomic E-state index is -4.77. The normalized spacial score (nSPS) is 21.9. The Labute approximate surface area is 202 Å². The zero-order valence-corrected chi connectivity index (χ0v) is 19.7. The quantitative estimate of drug-likeness (QED) is 0.662. The molecule has 1 N–H and O–H groups in total. The van der Waals surface area contributed by atoms with Crippen molar-refractivity contribution < 1.29 is 32.5 Å². The Morgan fingerprint density at radius 3 is 2.63 bits per heavy atom. The van der Waals surface area contributed by atoms with E-state index in [0.29, 0.717) is 64.2 Å². The van der Waals surface area contributed by atoms with Gasteiger partial charge in [0.1, 0.15) is 5.75 Å². The molecule has 2 fully saturated rings. The number of carbonyl (C=O) groups is 1. The molecule has 0 saturated carbocycles. The van der Waals surface area contributed by atoms with Crippen LogP contribution >= 0.6 is 0 Å². The van der Waals surface area contributed by atoms with Crippen LogP contribution in [0.15, 0.2) is 36.8 Å². The largest absolute Gasteiger partial charge is 0.573 e. The number of imidazole rings is 1. The second-order valence-corrected chi connectivity index (χ2v) is 9.18. The molecule has 3 heterocycles. The SMILES string of the molecule is COCCn1cnc(C2CC(c3cccc(OC(F)(F)F)c3)CN(C(=O)N3CCC(O)CC3)C2)c1. The highest BCUT2D eigenvalue weighted by Gasteiger charge is 2.36. The van der Waals surface area contributed by atoms with E-state index < -0.39 is 12.5 Å². The standard InChI is InChI=1S/C24H31F3N4O4/c1-34-10-9-29-15-22(28-16-29)19-11-18(17-3-2-4-21(12-17)35-24(25,26)27)13-31(14-19)23(33)30-7-5-20(32)6-8-30/h2-4,12,15-16,18-20,32H,5-11,13-14H2,1H3. The molecule has 11 heteroatoms. The van der Waals surface area contributed by atoms with Crippen molar-refractivity contribution in [2.75, 3.05) is 39.9 Å². The molecule has 4 rings (SSSR count). The van der Waals surface area contributed by atoms with Crippen LogP contribution in [0.2, 0.25) is 0 Å². The number of alkyl halides is 3. The number of rotatable bonds is 6. The number of hydrogen-bond donors (Lipinski definition) is 1. The first-order valence-electron chi connectivity index (χ1n) is 11.8. The molecule has 8 nitrogen and oxygen atoms in total. The van der Waals surface area contributed by atoms with Gasteiger partial charge in [0, 0.05) is 57.9 Å². The van der Waals surface area contributed by atoms with E-state index in [1.165, 1.54) is 18.2 Å². The van der Waals surface area contributed by atoms with Gasteiger partial charge in [-0.3, -0.25) is 0 Å². The maximum absolute atomic E-state index is 13.4. The van der Waals surface area contributed by atoms with Gasteiger partial charge in [0.05, 0.1) is 24.7 Å². The molecule has 2 saturated heterocycles. The lowest BCUT2D eigenvalue weighted by atomic mass is 9.83. The second-order valence-electron chi connectivity index (χ2n) is 9.18. The second kappa shape index (κ2) is 10.9. The summed E-state index contributed by atoms with van der Waals surface area (Å²) in [6, 6.07) is 5.87. The molecule has 0 aliphatic carbocycles. The molecule has 0 bridgehead atoms. The molecule has 2 atom stereocenters. The summed E-state index contributed by atoms with van der Waals surface area (Å²) in [4.78, 5) is 21.4. The average molecular weight is 497 g/mol. The number of piperidine rings is 2. The lowest BCUT2D eigenvalue weighted by molar-refractivity contribution is -0.274. The number of methoxy groups -OCH3 is 1. The maximum atomic E-state index is 13.4. The van der Waals surface area contributed by atoms with Crippen LogP contribution in [0.1, 0.15) is 42.4 Å². The number of carbonyl (C=O) groups excluding carboxylic acids is 1. The summed E-state index contributed by atoms with van der Waals surface area (Å²) in [6.07, 6.45) is 0.208. The first-order chi connectivity index (χ1) is 16.7. The van der Waals surface area contributed by atoms with Crippen molar-refractivity contribution in [3.05, 3.63) is 48.0 Å². The number of aromatic nitrogens is 2. The minimum Gasteiger partial charge on any atom is -0.406 e. The van der Waals surface area contributed by atoms with E-state index in [1.54, 1.807) is 29.3 Å². The predicted octanol–water partition coefficient (Wildman–Crippen LogP) is 3.58. The smallest absolute Gasteiger partial charge is 0.406 e. The van der Waals surface area contributed by atoms with Crippen LogP contribution in [0.5, 0.6) is 5.75 Å². The number of urea groups is 1. The summed E-state index contributed by atoms with van der Waals surface area (Å²) in [5, 5.41) is 9.81. The van der Waals surface area contributed by atoms with Gasteiger partial charge in [0.25, 0.3) is 0 Å². The Morgan fingerprint density at radius 2 is 1.91 bits per heavy atom. The molecule has 1 aromatic heterocycles. The van der Waals surface area contributed by atoms with E-state index in [1.807, 2.05) is 10.8 Å². The van der Waals surface area contributed by atoms with E-state index >= 15 is 0 Å². The van der Waals surface area contributed by atoms with Gasteiger partial charge in [-0.25, -0.2) is 9.78 Å². The van der Waals surface area contributed by atoms with Crippen molar-refractivity contribution in [1.82, 2.24) is 19.4 Å². The van der Waals surface area contributed by atoms with Crippen LogP contribution in [0, 0.1) is 0 Å². The summed E-state index contributed by atoms with van der Waals surface area (Å²) in [5.74, 6) is -0.540. The van der Waals surface area contributed by atoms with Gasteiger partial charge in [0.15, 0.2) is 0 Å². The summed E-state index contributed by atoms with van der Waals surface area (Å²) in [6.45, 7) is 3.00. The van der Waals surface area contributed by atoms with E-state index in [-0.39, 0.29) is 23.6 Å². The number of hydrogen-bond acceptors (Lipinski definition) is 5. The molecular weight excluding hydrogens is 465 g/mol. The Morgan fingerprint density at radius 1 is 1.17 bits per heavy atom. The van der Waals surface area contributed by atoms with Gasteiger partial charge < -0.3 is 28.9 Å². The summed E-state index contributed by atoms with van der Waals surface area (Å²) in [7, 11) is 1.63.